The first-order valence-corrected chi connectivity index (χ1v) is 5.46. The maximum absolute atomic E-state index is 11.2. The molecule has 0 aliphatic rings. The van der Waals surface area contributed by atoms with Gasteiger partial charge in [-0.1, -0.05) is 0 Å². The van der Waals surface area contributed by atoms with E-state index in [1.54, 1.807) is 42.7 Å². The van der Waals surface area contributed by atoms with E-state index >= 15 is 0 Å². The van der Waals surface area contributed by atoms with E-state index < -0.39 is 0 Å². The number of fused-ring (bicyclic) bond motifs is 1. The van der Waals surface area contributed by atoms with E-state index in [1.165, 1.54) is 0 Å². The number of aromatic nitrogens is 1. The van der Waals surface area contributed by atoms with Crippen LogP contribution in [0.1, 0.15) is 5.56 Å². The normalized spacial score (nSPS) is 11.0. The zero-order valence-corrected chi connectivity index (χ0v) is 10.2. The molecular formula is C13H13N3O2. The van der Waals surface area contributed by atoms with Crippen molar-refractivity contribution in [3.05, 3.63) is 52.3 Å². The number of rotatable bonds is 3. The minimum absolute atomic E-state index is 0.0960. The molecule has 92 valence electrons. The minimum atomic E-state index is -0.362. The Morgan fingerprint density at radius 1 is 1.33 bits per heavy atom. The lowest BCUT2D eigenvalue weighted by atomic mass is 10.1. The molecule has 0 aliphatic carbocycles. The molecule has 1 aromatic carbocycles. The summed E-state index contributed by atoms with van der Waals surface area (Å²) in [5, 5.41) is 11.8. The second kappa shape index (κ2) is 4.83. The quantitative estimate of drug-likeness (QED) is 0.614. The van der Waals surface area contributed by atoms with Crippen molar-refractivity contribution in [2.24, 2.45) is 0 Å². The van der Waals surface area contributed by atoms with Crippen LogP contribution in [0.3, 0.4) is 0 Å². The molecule has 2 rings (SSSR count). The van der Waals surface area contributed by atoms with Gasteiger partial charge in [-0.05, 0) is 36.5 Å². The smallest absolute Gasteiger partial charge is 0.285 e. The third-order valence-corrected chi connectivity index (χ3v) is 2.52. The fourth-order valence-corrected chi connectivity index (χ4v) is 1.72. The number of hydrogen-bond acceptors (Lipinski definition) is 4. The number of nitro groups is 1. The summed E-state index contributed by atoms with van der Waals surface area (Å²) < 4.78 is 0. The van der Waals surface area contributed by atoms with Gasteiger partial charge >= 0.3 is 0 Å². The standard InChI is InChI=1S/C13H13N3O2/c1-15(2)9-7-10-5-6-12-11(4-3-8-14-12)13(10)16(17)18/h3-9H,1-2H3/b9-7+. The third-order valence-electron chi connectivity index (χ3n) is 2.52. The summed E-state index contributed by atoms with van der Waals surface area (Å²) in [7, 11) is 3.73. The van der Waals surface area contributed by atoms with Gasteiger partial charge in [0.25, 0.3) is 5.69 Å². The van der Waals surface area contributed by atoms with Crippen LogP contribution in [0.2, 0.25) is 0 Å². The van der Waals surface area contributed by atoms with Crippen molar-refractivity contribution >= 4 is 22.7 Å². The number of nitrogens with zero attached hydrogens (tertiary/aromatic N) is 3. The van der Waals surface area contributed by atoms with Crippen LogP contribution in [0.25, 0.3) is 17.0 Å². The summed E-state index contributed by atoms with van der Waals surface area (Å²) >= 11 is 0. The highest BCUT2D eigenvalue weighted by Gasteiger charge is 2.16. The van der Waals surface area contributed by atoms with Gasteiger partial charge in [-0.15, -0.1) is 0 Å². The van der Waals surface area contributed by atoms with Crippen molar-refractivity contribution in [2.45, 2.75) is 0 Å². The zero-order valence-electron chi connectivity index (χ0n) is 10.2. The van der Waals surface area contributed by atoms with Gasteiger partial charge in [0.05, 0.1) is 21.4 Å². The van der Waals surface area contributed by atoms with Gasteiger partial charge in [-0.25, -0.2) is 0 Å². The molecule has 0 spiro atoms. The second-order valence-corrected chi connectivity index (χ2v) is 4.11. The Morgan fingerprint density at radius 3 is 2.78 bits per heavy atom. The van der Waals surface area contributed by atoms with Crippen LogP contribution in [-0.2, 0) is 0 Å². The molecule has 0 fully saturated rings. The average Bonchev–Trinajstić information content (AvgIpc) is 2.35. The van der Waals surface area contributed by atoms with Crippen molar-refractivity contribution in [1.82, 2.24) is 9.88 Å². The molecule has 0 amide bonds. The van der Waals surface area contributed by atoms with Gasteiger partial charge in [-0.2, -0.15) is 0 Å². The first kappa shape index (κ1) is 12.0. The lowest BCUT2D eigenvalue weighted by Gasteiger charge is -2.05. The van der Waals surface area contributed by atoms with Crippen molar-refractivity contribution < 1.29 is 4.92 Å². The molecular weight excluding hydrogens is 230 g/mol. The van der Waals surface area contributed by atoms with Crippen LogP contribution in [0.15, 0.2) is 36.7 Å². The van der Waals surface area contributed by atoms with Crippen LogP contribution < -0.4 is 0 Å². The molecule has 0 bridgehead atoms. The Hall–Kier alpha value is -2.43. The van der Waals surface area contributed by atoms with E-state index in [0.717, 1.165) is 0 Å². The molecule has 1 aromatic heterocycles. The molecule has 1 heterocycles. The van der Waals surface area contributed by atoms with Crippen LogP contribution in [-0.4, -0.2) is 28.9 Å². The topological polar surface area (TPSA) is 59.3 Å². The molecule has 0 unspecified atom stereocenters. The molecule has 5 heteroatoms. The molecule has 18 heavy (non-hydrogen) atoms. The summed E-state index contributed by atoms with van der Waals surface area (Å²) in [6, 6.07) is 6.92. The van der Waals surface area contributed by atoms with Gasteiger partial charge in [0, 0.05) is 20.3 Å². The van der Waals surface area contributed by atoms with Crippen LogP contribution in [0.5, 0.6) is 0 Å². The zero-order chi connectivity index (χ0) is 13.1. The predicted octanol–water partition coefficient (Wildman–Crippen LogP) is 2.68. The molecule has 0 saturated heterocycles. The van der Waals surface area contributed by atoms with Gasteiger partial charge in [-0.3, -0.25) is 15.1 Å². The van der Waals surface area contributed by atoms with E-state index in [9.17, 15) is 10.1 Å². The SMILES string of the molecule is CN(C)/C=C/c1ccc2ncccc2c1[N+](=O)[O-]. The Bertz CT molecular complexity index is 621. The van der Waals surface area contributed by atoms with Gasteiger partial charge in [0.2, 0.25) is 0 Å². The molecule has 5 nitrogen and oxygen atoms in total. The average molecular weight is 243 g/mol. The van der Waals surface area contributed by atoms with E-state index in [2.05, 4.69) is 4.98 Å². The Kier molecular flexibility index (Phi) is 3.23. The first-order valence-electron chi connectivity index (χ1n) is 5.46. The van der Waals surface area contributed by atoms with Crippen molar-refractivity contribution in [3.8, 4) is 0 Å². The highest BCUT2D eigenvalue weighted by Crippen LogP contribution is 2.29. The maximum atomic E-state index is 11.2. The number of hydrogen-bond donors (Lipinski definition) is 0. The maximum Gasteiger partial charge on any atom is 0.285 e. The monoisotopic (exact) mass is 243 g/mol. The summed E-state index contributed by atoms with van der Waals surface area (Å²) in [5.74, 6) is 0. The number of nitro benzene ring substituents is 1. The Morgan fingerprint density at radius 2 is 2.11 bits per heavy atom. The van der Waals surface area contributed by atoms with E-state index in [0.29, 0.717) is 16.5 Å². The molecule has 0 radical (unpaired) electrons. The number of benzene rings is 1. The van der Waals surface area contributed by atoms with E-state index in [-0.39, 0.29) is 10.6 Å². The first-order chi connectivity index (χ1) is 8.59. The molecule has 0 atom stereocenters. The van der Waals surface area contributed by atoms with Crippen LogP contribution in [0, 0.1) is 10.1 Å². The number of pyridine rings is 1. The fraction of sp³-hybridized carbons (Fsp3) is 0.154. The van der Waals surface area contributed by atoms with Crippen LogP contribution >= 0.6 is 0 Å². The highest BCUT2D eigenvalue weighted by molar-refractivity contribution is 5.92. The third kappa shape index (κ3) is 2.29. The summed E-state index contributed by atoms with van der Waals surface area (Å²) in [6.07, 6.45) is 5.14. The largest absolute Gasteiger partial charge is 0.383 e. The second-order valence-electron chi connectivity index (χ2n) is 4.11. The predicted molar refractivity (Wildman–Crippen MR) is 71.1 cm³/mol. The fourth-order valence-electron chi connectivity index (χ4n) is 1.72. The highest BCUT2D eigenvalue weighted by atomic mass is 16.6. The van der Waals surface area contributed by atoms with E-state index in [4.69, 9.17) is 0 Å². The Balaban J connectivity index is 2.67. The van der Waals surface area contributed by atoms with Crippen molar-refractivity contribution in [3.63, 3.8) is 0 Å². The molecule has 0 aliphatic heterocycles. The summed E-state index contributed by atoms with van der Waals surface area (Å²) in [5.41, 5.74) is 1.30. The lowest BCUT2D eigenvalue weighted by Crippen LogP contribution is -2.00. The molecule has 0 N–H and O–H groups in total. The lowest BCUT2D eigenvalue weighted by molar-refractivity contribution is -0.383. The molecule has 2 aromatic rings. The Labute approximate surface area is 105 Å². The van der Waals surface area contributed by atoms with E-state index in [1.807, 2.05) is 19.0 Å². The van der Waals surface area contributed by atoms with Crippen LogP contribution in [0.4, 0.5) is 5.69 Å². The van der Waals surface area contributed by atoms with Gasteiger partial charge in [0.1, 0.15) is 0 Å². The molecule has 0 saturated carbocycles. The van der Waals surface area contributed by atoms with Gasteiger partial charge < -0.3 is 4.90 Å². The minimum Gasteiger partial charge on any atom is -0.383 e. The van der Waals surface area contributed by atoms with Crippen molar-refractivity contribution in [1.29, 1.82) is 0 Å². The van der Waals surface area contributed by atoms with Gasteiger partial charge in [0.15, 0.2) is 0 Å². The van der Waals surface area contributed by atoms with Crippen molar-refractivity contribution in [2.75, 3.05) is 14.1 Å². The summed E-state index contributed by atoms with van der Waals surface area (Å²) in [6.45, 7) is 0. The summed E-state index contributed by atoms with van der Waals surface area (Å²) in [4.78, 5) is 16.8.